The third-order valence-electron chi connectivity index (χ3n) is 3.19. The molecule has 0 spiro atoms. The number of hydrogen-bond donors (Lipinski definition) is 2. The number of rotatable bonds is 3. The van der Waals surface area contributed by atoms with Crippen LogP contribution in [-0.4, -0.2) is 42.9 Å². The number of carboxylic acids is 1. The van der Waals surface area contributed by atoms with Crippen LogP contribution in [0.5, 0.6) is 0 Å². The van der Waals surface area contributed by atoms with E-state index in [0.717, 1.165) is 11.0 Å². The molecular formula is C11H14N2O6S. The topological polar surface area (TPSA) is 131 Å². The fraction of sp³-hybridized carbons (Fsp3) is 0.455. The summed E-state index contributed by atoms with van der Waals surface area (Å²) in [5.41, 5.74) is 0. The minimum atomic E-state index is -3.98. The SMILES string of the molecule is Cc1oc(C(=O)N2CCC[C@H]2C(=O)O)cc1S(N)(=O)=O. The van der Waals surface area contributed by atoms with Crippen LogP contribution in [0.25, 0.3) is 0 Å². The summed E-state index contributed by atoms with van der Waals surface area (Å²) >= 11 is 0. The first-order valence-electron chi connectivity index (χ1n) is 5.89. The number of carbonyl (C=O) groups is 2. The minimum Gasteiger partial charge on any atom is -0.480 e. The second kappa shape index (κ2) is 4.91. The summed E-state index contributed by atoms with van der Waals surface area (Å²) in [6.07, 6.45) is 0.938. The third-order valence-corrected chi connectivity index (χ3v) is 4.21. The van der Waals surface area contributed by atoms with Gasteiger partial charge in [-0.05, 0) is 19.8 Å². The van der Waals surface area contributed by atoms with E-state index in [-0.39, 0.29) is 16.4 Å². The normalized spacial score (nSPS) is 19.3. The smallest absolute Gasteiger partial charge is 0.326 e. The number of nitrogens with zero attached hydrogens (tertiary/aromatic N) is 1. The lowest BCUT2D eigenvalue weighted by atomic mass is 10.2. The molecule has 1 aromatic heterocycles. The van der Waals surface area contributed by atoms with Gasteiger partial charge in [-0.1, -0.05) is 0 Å². The molecule has 0 saturated carbocycles. The van der Waals surface area contributed by atoms with Crippen molar-refractivity contribution >= 4 is 21.9 Å². The Morgan fingerprint density at radius 3 is 2.65 bits per heavy atom. The summed E-state index contributed by atoms with van der Waals surface area (Å²) in [6.45, 7) is 1.66. The van der Waals surface area contributed by atoms with Gasteiger partial charge in [0.15, 0.2) is 5.76 Å². The van der Waals surface area contributed by atoms with Crippen LogP contribution in [0.2, 0.25) is 0 Å². The molecule has 0 bridgehead atoms. The lowest BCUT2D eigenvalue weighted by Gasteiger charge is -2.19. The van der Waals surface area contributed by atoms with E-state index in [9.17, 15) is 18.0 Å². The number of aliphatic carboxylic acids is 1. The van der Waals surface area contributed by atoms with Crippen molar-refractivity contribution in [1.82, 2.24) is 4.90 Å². The Morgan fingerprint density at radius 1 is 1.50 bits per heavy atom. The van der Waals surface area contributed by atoms with Crippen LogP contribution >= 0.6 is 0 Å². The zero-order chi connectivity index (χ0) is 15.1. The molecule has 1 aliphatic heterocycles. The van der Waals surface area contributed by atoms with Gasteiger partial charge in [-0.15, -0.1) is 0 Å². The van der Waals surface area contributed by atoms with Gasteiger partial charge in [0.2, 0.25) is 10.0 Å². The molecule has 8 nitrogen and oxygen atoms in total. The number of aryl methyl sites for hydroxylation is 1. The van der Waals surface area contributed by atoms with E-state index in [4.69, 9.17) is 14.7 Å². The average Bonchev–Trinajstić information content (AvgIpc) is 2.92. The van der Waals surface area contributed by atoms with Crippen molar-refractivity contribution in [3.63, 3.8) is 0 Å². The van der Waals surface area contributed by atoms with E-state index in [2.05, 4.69) is 0 Å². The Balaban J connectivity index is 2.33. The first kappa shape index (κ1) is 14.5. The summed E-state index contributed by atoms with van der Waals surface area (Å²) in [6, 6.07) is 0.121. The van der Waals surface area contributed by atoms with Crippen LogP contribution in [-0.2, 0) is 14.8 Å². The van der Waals surface area contributed by atoms with Crippen molar-refractivity contribution in [2.24, 2.45) is 5.14 Å². The molecule has 0 aliphatic carbocycles. The molecule has 3 N–H and O–H groups in total. The van der Waals surface area contributed by atoms with E-state index in [0.29, 0.717) is 19.4 Å². The molecule has 2 rings (SSSR count). The van der Waals surface area contributed by atoms with Gasteiger partial charge in [0.1, 0.15) is 16.7 Å². The highest BCUT2D eigenvalue weighted by Crippen LogP contribution is 2.24. The van der Waals surface area contributed by atoms with Gasteiger partial charge in [0.25, 0.3) is 5.91 Å². The predicted octanol–water partition coefficient (Wildman–Crippen LogP) is -0.0754. The Bertz CT molecular complexity index is 662. The van der Waals surface area contributed by atoms with Gasteiger partial charge in [-0.25, -0.2) is 18.4 Å². The largest absolute Gasteiger partial charge is 0.480 e. The maximum atomic E-state index is 12.2. The first-order chi connectivity index (χ1) is 9.21. The van der Waals surface area contributed by atoms with Crippen molar-refractivity contribution in [2.45, 2.75) is 30.7 Å². The summed E-state index contributed by atoms with van der Waals surface area (Å²) in [7, 11) is -3.98. The van der Waals surface area contributed by atoms with E-state index < -0.39 is 27.9 Å². The molecule has 0 radical (unpaired) electrons. The Hall–Kier alpha value is -1.87. The van der Waals surface area contributed by atoms with Crippen molar-refractivity contribution in [3.8, 4) is 0 Å². The Morgan fingerprint density at radius 2 is 2.15 bits per heavy atom. The van der Waals surface area contributed by atoms with E-state index in [1.807, 2.05) is 0 Å². The summed E-state index contributed by atoms with van der Waals surface area (Å²) in [4.78, 5) is 24.1. The fourth-order valence-corrected chi connectivity index (χ4v) is 2.97. The van der Waals surface area contributed by atoms with Crippen molar-refractivity contribution in [1.29, 1.82) is 0 Å². The minimum absolute atomic E-state index is 0.00178. The van der Waals surface area contributed by atoms with Gasteiger partial charge in [0.05, 0.1) is 0 Å². The predicted molar refractivity (Wildman–Crippen MR) is 66.5 cm³/mol. The monoisotopic (exact) mass is 302 g/mol. The number of nitrogens with two attached hydrogens (primary N) is 1. The molecule has 1 saturated heterocycles. The second-order valence-electron chi connectivity index (χ2n) is 4.57. The number of hydrogen-bond acceptors (Lipinski definition) is 5. The quantitative estimate of drug-likeness (QED) is 0.803. The number of carboxylic acid groups (broad SMARTS) is 1. The number of primary sulfonamides is 1. The van der Waals surface area contributed by atoms with Crippen LogP contribution in [0.4, 0.5) is 0 Å². The number of carbonyl (C=O) groups excluding carboxylic acids is 1. The molecule has 0 aromatic carbocycles. The average molecular weight is 302 g/mol. The van der Waals surface area contributed by atoms with Gasteiger partial charge in [0, 0.05) is 12.6 Å². The molecular weight excluding hydrogens is 288 g/mol. The second-order valence-corrected chi connectivity index (χ2v) is 6.10. The van der Waals surface area contributed by atoms with Crippen LogP contribution in [0.1, 0.15) is 29.2 Å². The standard InChI is InChI=1S/C11H14N2O6S/c1-6-9(20(12,17)18)5-8(19-6)10(14)13-4-2-3-7(13)11(15)16/h5,7H,2-4H2,1H3,(H,15,16)(H2,12,17,18)/t7-/m0/s1. The molecule has 1 aliphatic rings. The molecule has 1 amide bonds. The number of likely N-dealkylation sites (tertiary alicyclic amines) is 1. The van der Waals surface area contributed by atoms with Crippen LogP contribution in [0, 0.1) is 6.92 Å². The number of sulfonamides is 1. The van der Waals surface area contributed by atoms with Gasteiger partial charge in [-0.3, -0.25) is 4.79 Å². The van der Waals surface area contributed by atoms with E-state index in [1.165, 1.54) is 6.92 Å². The van der Waals surface area contributed by atoms with Gasteiger partial charge < -0.3 is 14.4 Å². The molecule has 1 fully saturated rings. The molecule has 2 heterocycles. The number of furan rings is 1. The summed E-state index contributed by atoms with van der Waals surface area (Å²) in [5, 5.41) is 14.0. The van der Waals surface area contributed by atoms with E-state index >= 15 is 0 Å². The molecule has 9 heteroatoms. The zero-order valence-electron chi connectivity index (χ0n) is 10.7. The molecule has 20 heavy (non-hydrogen) atoms. The van der Waals surface area contributed by atoms with Crippen molar-refractivity contribution < 1.29 is 27.5 Å². The van der Waals surface area contributed by atoms with Gasteiger partial charge >= 0.3 is 5.97 Å². The highest BCUT2D eigenvalue weighted by atomic mass is 32.2. The summed E-state index contributed by atoms with van der Waals surface area (Å²) in [5.74, 6) is -1.96. The first-order valence-corrected chi connectivity index (χ1v) is 7.43. The highest BCUT2D eigenvalue weighted by molar-refractivity contribution is 7.89. The van der Waals surface area contributed by atoms with E-state index in [1.54, 1.807) is 0 Å². The number of amides is 1. The molecule has 1 atom stereocenters. The summed E-state index contributed by atoms with van der Waals surface area (Å²) < 4.78 is 27.7. The van der Waals surface area contributed by atoms with Crippen LogP contribution in [0.15, 0.2) is 15.4 Å². The van der Waals surface area contributed by atoms with Gasteiger partial charge in [-0.2, -0.15) is 0 Å². The highest BCUT2D eigenvalue weighted by Gasteiger charge is 2.36. The Labute approximate surface area is 115 Å². The van der Waals surface area contributed by atoms with Crippen molar-refractivity contribution in [3.05, 3.63) is 17.6 Å². The fourth-order valence-electron chi connectivity index (χ4n) is 2.26. The zero-order valence-corrected chi connectivity index (χ0v) is 11.5. The molecule has 1 aromatic rings. The Kier molecular flexibility index (Phi) is 3.57. The van der Waals surface area contributed by atoms with Crippen LogP contribution < -0.4 is 5.14 Å². The molecule has 110 valence electrons. The van der Waals surface area contributed by atoms with Crippen molar-refractivity contribution in [2.75, 3.05) is 6.54 Å². The lowest BCUT2D eigenvalue weighted by Crippen LogP contribution is -2.40. The molecule has 0 unspecified atom stereocenters. The van der Waals surface area contributed by atoms with Crippen LogP contribution in [0.3, 0.4) is 0 Å². The maximum absolute atomic E-state index is 12.2. The lowest BCUT2D eigenvalue weighted by molar-refractivity contribution is -0.141. The third kappa shape index (κ3) is 2.54. The maximum Gasteiger partial charge on any atom is 0.326 e.